The molecule has 9 nitrogen and oxygen atoms in total. The molecule has 0 bridgehead atoms. The number of aryl methyl sites for hydroxylation is 2. The summed E-state index contributed by atoms with van der Waals surface area (Å²) in [5.41, 5.74) is 1.83. The topological polar surface area (TPSA) is 124 Å². The highest BCUT2D eigenvalue weighted by atomic mass is 32.2. The van der Waals surface area contributed by atoms with Gasteiger partial charge in [-0.3, -0.25) is 4.79 Å². The molecular weight excluding hydrogens is 434 g/mol. The largest absolute Gasteiger partial charge is 0.495 e. The van der Waals surface area contributed by atoms with Crippen LogP contribution < -0.4 is 4.74 Å². The summed E-state index contributed by atoms with van der Waals surface area (Å²) >= 11 is 1.75. The number of methoxy groups -OCH3 is 1. The Bertz CT molecular complexity index is 1190. The number of para-hydroxylation sites is 1. The first-order chi connectivity index (χ1) is 15.2. The number of ether oxygens (including phenoxy) is 1. The van der Waals surface area contributed by atoms with Crippen molar-refractivity contribution in [2.45, 2.75) is 18.5 Å². The van der Waals surface area contributed by atoms with Crippen molar-refractivity contribution in [3.63, 3.8) is 0 Å². The second-order valence-electron chi connectivity index (χ2n) is 7.10. The van der Waals surface area contributed by atoms with Crippen LogP contribution >= 0.6 is 11.8 Å². The molecule has 1 aromatic carbocycles. The van der Waals surface area contributed by atoms with Gasteiger partial charge in [0.05, 0.1) is 23.2 Å². The minimum absolute atomic E-state index is 0.0350. The lowest BCUT2D eigenvalue weighted by atomic mass is 9.98. The Kier molecular flexibility index (Phi) is 7.04. The van der Waals surface area contributed by atoms with Gasteiger partial charge in [0, 0.05) is 55.2 Å². The monoisotopic (exact) mass is 457 g/mol. The minimum atomic E-state index is -1.26. The lowest BCUT2D eigenvalue weighted by molar-refractivity contribution is -0.134. The molecule has 1 aliphatic heterocycles. The third-order valence-corrected chi connectivity index (χ3v) is 6.41. The number of carbonyl (C=O) groups is 3. The normalized spacial score (nSPS) is 15.3. The van der Waals surface area contributed by atoms with E-state index in [1.54, 1.807) is 25.1 Å². The Morgan fingerprint density at radius 1 is 1.28 bits per heavy atom. The number of ketones is 1. The molecule has 3 heterocycles. The number of aromatic nitrogens is 3. The Morgan fingerprint density at radius 3 is 2.53 bits per heavy atom. The molecular formula is C22H23N3O6S. The molecule has 2 aromatic heterocycles. The van der Waals surface area contributed by atoms with Crippen LogP contribution in [0.25, 0.3) is 10.9 Å². The van der Waals surface area contributed by atoms with Crippen molar-refractivity contribution >= 4 is 40.4 Å². The highest BCUT2D eigenvalue weighted by Crippen LogP contribution is 2.42. The van der Waals surface area contributed by atoms with Gasteiger partial charge in [-0.1, -0.05) is 12.1 Å². The Labute approximate surface area is 188 Å². The van der Waals surface area contributed by atoms with Crippen molar-refractivity contribution in [2.24, 2.45) is 13.0 Å². The van der Waals surface area contributed by atoms with Crippen molar-refractivity contribution in [3.8, 4) is 5.75 Å². The molecule has 10 heteroatoms. The van der Waals surface area contributed by atoms with Crippen LogP contribution in [0, 0.1) is 12.8 Å². The highest BCUT2D eigenvalue weighted by Gasteiger charge is 2.33. The summed E-state index contributed by atoms with van der Waals surface area (Å²) in [4.78, 5) is 36.5. The molecule has 3 aromatic rings. The number of Topliss-reactive ketones (excluding diaryl/α,β-unsaturated/α-hetero) is 1. The van der Waals surface area contributed by atoms with Gasteiger partial charge in [0.25, 0.3) is 0 Å². The zero-order chi connectivity index (χ0) is 23.4. The fraction of sp³-hybridized carbons (Fsp3) is 0.273. The zero-order valence-corrected chi connectivity index (χ0v) is 18.6. The predicted molar refractivity (Wildman–Crippen MR) is 119 cm³/mol. The fourth-order valence-electron chi connectivity index (χ4n) is 3.60. The van der Waals surface area contributed by atoms with E-state index in [0.717, 1.165) is 38.8 Å². The van der Waals surface area contributed by atoms with Gasteiger partial charge < -0.3 is 24.1 Å². The van der Waals surface area contributed by atoms with Gasteiger partial charge in [-0.05, 0) is 13.0 Å². The summed E-state index contributed by atoms with van der Waals surface area (Å²) in [5.74, 6) is 0.205. The molecule has 1 aliphatic rings. The van der Waals surface area contributed by atoms with E-state index in [1.807, 2.05) is 38.4 Å². The Hall–Kier alpha value is -3.53. The molecule has 0 spiro atoms. The quantitative estimate of drug-likeness (QED) is 0.561. The molecule has 1 unspecified atom stereocenters. The number of imidazole rings is 1. The molecule has 0 fully saturated rings. The Morgan fingerprint density at radius 2 is 1.97 bits per heavy atom. The second kappa shape index (κ2) is 9.73. The van der Waals surface area contributed by atoms with Crippen LogP contribution in [-0.2, 0) is 23.2 Å². The van der Waals surface area contributed by atoms with Crippen LogP contribution in [-0.4, -0.2) is 54.9 Å². The van der Waals surface area contributed by atoms with Gasteiger partial charge in [-0.2, -0.15) is 0 Å². The fourth-order valence-corrected chi connectivity index (χ4v) is 4.85. The van der Waals surface area contributed by atoms with Crippen molar-refractivity contribution in [1.29, 1.82) is 0 Å². The molecule has 0 amide bonds. The van der Waals surface area contributed by atoms with Gasteiger partial charge in [0.15, 0.2) is 5.78 Å². The predicted octanol–water partition coefficient (Wildman–Crippen LogP) is 3.01. The summed E-state index contributed by atoms with van der Waals surface area (Å²) < 4.78 is 9.64. The number of aliphatic carboxylic acids is 2. The van der Waals surface area contributed by atoms with E-state index in [-0.39, 0.29) is 11.7 Å². The van der Waals surface area contributed by atoms with E-state index in [1.165, 1.54) is 0 Å². The second-order valence-corrected chi connectivity index (χ2v) is 8.11. The van der Waals surface area contributed by atoms with Crippen molar-refractivity contribution < 1.29 is 29.3 Å². The summed E-state index contributed by atoms with van der Waals surface area (Å²) in [6, 6.07) is 5.90. The lowest BCUT2D eigenvalue weighted by Gasteiger charge is -2.22. The summed E-state index contributed by atoms with van der Waals surface area (Å²) in [6.07, 6.45) is 4.84. The first kappa shape index (κ1) is 23.1. The third-order valence-electron chi connectivity index (χ3n) is 5.09. The number of hydrogen-bond acceptors (Lipinski definition) is 6. The number of carboxylic acid groups (broad SMARTS) is 2. The van der Waals surface area contributed by atoms with Crippen LogP contribution in [0.3, 0.4) is 0 Å². The third kappa shape index (κ3) is 4.70. The maximum atomic E-state index is 13.2. The van der Waals surface area contributed by atoms with E-state index in [4.69, 9.17) is 14.9 Å². The maximum Gasteiger partial charge on any atom is 0.328 e. The average Bonchev–Trinajstić information content (AvgIpc) is 3.30. The van der Waals surface area contributed by atoms with Crippen LogP contribution in [0.5, 0.6) is 5.75 Å². The number of carboxylic acids is 2. The van der Waals surface area contributed by atoms with Crippen LogP contribution in [0.1, 0.15) is 16.2 Å². The standard InChI is InChI=1S/C18H19N3O2S.C4H4O4/c1-11-19-7-8-21(11)9-12-10-24-18-15(17(12)22)13-5-4-6-14(23-3)16(13)20(18)2;5-3(6)1-2-4(7)8/h4-8,12H,9-10H2,1-3H3;1-2H,(H,5,6)(H,7,8)/b;2-1-. The van der Waals surface area contributed by atoms with Gasteiger partial charge in [0.1, 0.15) is 11.6 Å². The lowest BCUT2D eigenvalue weighted by Crippen LogP contribution is -2.27. The summed E-state index contributed by atoms with van der Waals surface area (Å²) in [5, 5.41) is 17.6. The minimum Gasteiger partial charge on any atom is -0.495 e. The molecule has 0 saturated carbocycles. The molecule has 32 heavy (non-hydrogen) atoms. The van der Waals surface area contributed by atoms with E-state index >= 15 is 0 Å². The number of nitrogens with zero attached hydrogens (tertiary/aromatic N) is 3. The van der Waals surface area contributed by atoms with Gasteiger partial charge in [-0.25, -0.2) is 14.6 Å². The van der Waals surface area contributed by atoms with Crippen molar-refractivity contribution in [2.75, 3.05) is 12.9 Å². The van der Waals surface area contributed by atoms with Gasteiger partial charge in [0.2, 0.25) is 0 Å². The van der Waals surface area contributed by atoms with Crippen LogP contribution in [0.15, 0.2) is 47.8 Å². The molecule has 0 radical (unpaired) electrons. The molecule has 4 rings (SSSR count). The van der Waals surface area contributed by atoms with Gasteiger partial charge >= 0.3 is 11.9 Å². The average molecular weight is 458 g/mol. The van der Waals surface area contributed by atoms with E-state index < -0.39 is 11.9 Å². The molecule has 0 saturated heterocycles. The maximum absolute atomic E-state index is 13.2. The Balaban J connectivity index is 0.000000312. The highest BCUT2D eigenvalue weighted by molar-refractivity contribution is 7.99. The van der Waals surface area contributed by atoms with Gasteiger partial charge in [-0.15, -0.1) is 11.8 Å². The van der Waals surface area contributed by atoms with E-state index in [9.17, 15) is 14.4 Å². The molecule has 2 N–H and O–H groups in total. The van der Waals surface area contributed by atoms with E-state index in [2.05, 4.69) is 14.1 Å². The first-order valence-corrected chi connectivity index (χ1v) is 10.7. The molecule has 1 atom stereocenters. The smallest absolute Gasteiger partial charge is 0.328 e. The van der Waals surface area contributed by atoms with Crippen LogP contribution in [0.4, 0.5) is 0 Å². The van der Waals surface area contributed by atoms with E-state index in [0.29, 0.717) is 18.7 Å². The number of fused-ring (bicyclic) bond motifs is 3. The van der Waals surface area contributed by atoms with Crippen molar-refractivity contribution in [1.82, 2.24) is 14.1 Å². The van der Waals surface area contributed by atoms with Crippen molar-refractivity contribution in [3.05, 3.63) is 54.1 Å². The summed E-state index contributed by atoms with van der Waals surface area (Å²) in [7, 11) is 3.67. The molecule has 0 aliphatic carbocycles. The summed E-state index contributed by atoms with van der Waals surface area (Å²) in [6.45, 7) is 2.64. The number of benzene rings is 1. The number of hydrogen-bond donors (Lipinski definition) is 2. The number of thioether (sulfide) groups is 1. The zero-order valence-electron chi connectivity index (χ0n) is 17.8. The first-order valence-electron chi connectivity index (χ1n) is 9.68. The number of carbonyl (C=O) groups excluding carboxylic acids is 1. The SMILES string of the molecule is COc1cccc2c3c(n(C)c12)SCC(Cn1ccnc1C)C3=O.O=C(O)/C=C\C(=O)O. The number of rotatable bonds is 5. The van der Waals surface area contributed by atoms with Crippen LogP contribution in [0.2, 0.25) is 0 Å². The molecule has 168 valence electrons.